The number of nitrogens with zero attached hydrogens (tertiary/aromatic N) is 4. The number of nitro benzene ring substituents is 1. The van der Waals surface area contributed by atoms with Crippen LogP contribution >= 0.6 is 11.3 Å². The van der Waals surface area contributed by atoms with Crippen molar-refractivity contribution in [2.24, 2.45) is 4.99 Å². The van der Waals surface area contributed by atoms with Crippen LogP contribution < -0.4 is 4.80 Å². The van der Waals surface area contributed by atoms with E-state index < -0.39 is 0 Å². The molecule has 0 saturated heterocycles. The predicted molar refractivity (Wildman–Crippen MR) is 123 cm³/mol. The van der Waals surface area contributed by atoms with Crippen LogP contribution in [0.5, 0.6) is 0 Å². The molecule has 0 aliphatic carbocycles. The largest absolute Gasteiger partial charge is 0.316 e. The second kappa shape index (κ2) is 9.49. The Morgan fingerprint density at radius 3 is 2.65 bits per heavy atom. The van der Waals surface area contributed by atoms with E-state index in [1.807, 2.05) is 41.8 Å². The lowest BCUT2D eigenvalue weighted by Crippen LogP contribution is -2.17. The summed E-state index contributed by atoms with van der Waals surface area (Å²) in [6.45, 7) is 2.80. The van der Waals surface area contributed by atoms with Gasteiger partial charge >= 0.3 is 0 Å². The van der Waals surface area contributed by atoms with E-state index in [4.69, 9.17) is 4.99 Å². The first-order chi connectivity index (χ1) is 15.1. The van der Waals surface area contributed by atoms with Gasteiger partial charge in [0.15, 0.2) is 4.80 Å². The molecule has 0 amide bonds. The van der Waals surface area contributed by atoms with Crippen LogP contribution in [0, 0.1) is 10.1 Å². The third-order valence-corrected chi connectivity index (χ3v) is 5.90. The average molecular weight is 431 g/mol. The fraction of sp³-hybridized carbons (Fsp3) is 0.167. The van der Waals surface area contributed by atoms with Gasteiger partial charge in [-0.1, -0.05) is 37.3 Å². The van der Waals surface area contributed by atoms with Crippen LogP contribution in [0.2, 0.25) is 0 Å². The van der Waals surface area contributed by atoms with Gasteiger partial charge in [-0.05, 0) is 36.2 Å². The minimum Gasteiger partial charge on any atom is -0.316 e. The lowest BCUT2D eigenvalue weighted by molar-refractivity contribution is -0.384. The second-order valence-corrected chi connectivity index (χ2v) is 7.90. The van der Waals surface area contributed by atoms with Gasteiger partial charge in [-0.25, -0.2) is 4.99 Å². The maximum absolute atomic E-state index is 11.3. The summed E-state index contributed by atoms with van der Waals surface area (Å²) in [5, 5.41) is 13.3. The van der Waals surface area contributed by atoms with Gasteiger partial charge in [0.25, 0.3) is 5.69 Å². The molecular weight excluding hydrogens is 408 g/mol. The van der Waals surface area contributed by atoms with Crippen LogP contribution in [0.1, 0.15) is 18.2 Å². The van der Waals surface area contributed by atoms with Gasteiger partial charge in [-0.3, -0.25) is 15.1 Å². The molecule has 0 unspecified atom stereocenters. The molecule has 156 valence electrons. The number of aryl methyl sites for hydroxylation is 2. The fourth-order valence-electron chi connectivity index (χ4n) is 3.33. The van der Waals surface area contributed by atoms with Crippen molar-refractivity contribution < 1.29 is 4.92 Å². The molecule has 31 heavy (non-hydrogen) atoms. The summed E-state index contributed by atoms with van der Waals surface area (Å²) in [5.41, 5.74) is 4.93. The highest BCUT2D eigenvalue weighted by atomic mass is 32.1. The number of nitro groups is 1. The number of non-ortho nitro benzene ring substituents is 1. The highest BCUT2D eigenvalue weighted by Crippen LogP contribution is 2.25. The van der Waals surface area contributed by atoms with E-state index in [1.54, 1.807) is 18.3 Å². The lowest BCUT2D eigenvalue weighted by atomic mass is 10.1. The molecule has 0 atom stereocenters. The summed E-state index contributed by atoms with van der Waals surface area (Å²) >= 11 is 1.53. The monoisotopic (exact) mass is 430 g/mol. The Hall–Kier alpha value is -3.58. The zero-order valence-corrected chi connectivity index (χ0v) is 18.0. The Balaban J connectivity index is 1.76. The summed E-state index contributed by atoms with van der Waals surface area (Å²) < 4.78 is 2.12. The van der Waals surface area contributed by atoms with Gasteiger partial charge < -0.3 is 4.57 Å². The molecule has 0 N–H and O–H groups in total. The molecule has 0 aliphatic heterocycles. The number of benzene rings is 2. The summed E-state index contributed by atoms with van der Waals surface area (Å²) in [4.78, 5) is 21.0. The number of hydrogen-bond acceptors (Lipinski definition) is 5. The van der Waals surface area contributed by atoms with E-state index in [2.05, 4.69) is 28.6 Å². The molecule has 4 aromatic rings. The van der Waals surface area contributed by atoms with E-state index >= 15 is 0 Å². The number of pyridine rings is 1. The Labute approximate surface area is 184 Å². The van der Waals surface area contributed by atoms with Crippen LogP contribution in [-0.4, -0.2) is 14.5 Å². The van der Waals surface area contributed by atoms with Gasteiger partial charge in [-0.2, -0.15) is 0 Å². The topological polar surface area (TPSA) is 73.3 Å². The third-order valence-electron chi connectivity index (χ3n) is 5.04. The first kappa shape index (κ1) is 20.7. The number of aromatic nitrogens is 2. The van der Waals surface area contributed by atoms with Crippen LogP contribution in [0.15, 0.2) is 83.3 Å². The first-order valence-corrected chi connectivity index (χ1v) is 11.0. The molecule has 7 heteroatoms. The molecule has 0 bridgehead atoms. The van der Waals surface area contributed by atoms with E-state index in [1.165, 1.54) is 23.0 Å². The van der Waals surface area contributed by atoms with E-state index in [-0.39, 0.29) is 10.6 Å². The second-order valence-electron chi connectivity index (χ2n) is 7.07. The van der Waals surface area contributed by atoms with Crippen molar-refractivity contribution >= 4 is 22.7 Å². The Morgan fingerprint density at radius 1 is 1.10 bits per heavy atom. The van der Waals surface area contributed by atoms with Gasteiger partial charge in [-0.15, -0.1) is 11.3 Å². The summed E-state index contributed by atoms with van der Waals surface area (Å²) in [7, 11) is 0. The van der Waals surface area contributed by atoms with Crippen molar-refractivity contribution in [3.05, 3.63) is 104 Å². The van der Waals surface area contributed by atoms with Crippen molar-refractivity contribution in [1.29, 1.82) is 0 Å². The quantitative estimate of drug-likeness (QED) is 0.285. The zero-order valence-electron chi connectivity index (χ0n) is 17.1. The number of rotatable bonds is 7. The molecule has 2 heterocycles. The molecule has 4 rings (SSSR count). The van der Waals surface area contributed by atoms with Crippen LogP contribution in [-0.2, 0) is 19.4 Å². The fourth-order valence-corrected chi connectivity index (χ4v) is 4.29. The highest BCUT2D eigenvalue weighted by Gasteiger charge is 2.13. The van der Waals surface area contributed by atoms with Gasteiger partial charge in [0.2, 0.25) is 0 Å². The van der Waals surface area contributed by atoms with Crippen molar-refractivity contribution in [1.82, 2.24) is 9.55 Å². The standard InChI is InChI=1S/C24H22N4O2S/c1-2-18-9-11-21(12-10-18)26-24-27(15-13-20-7-3-4-14-25-20)23(17-31-24)19-6-5-8-22(16-19)28(29)30/h3-12,14,16-17H,2,13,15H2,1H3. The Bertz CT molecular complexity index is 1240. The molecule has 0 saturated carbocycles. The highest BCUT2D eigenvalue weighted by molar-refractivity contribution is 7.07. The van der Waals surface area contributed by atoms with Crippen molar-refractivity contribution in [2.45, 2.75) is 26.3 Å². The average Bonchev–Trinajstić information content (AvgIpc) is 3.21. The molecule has 2 aromatic carbocycles. The van der Waals surface area contributed by atoms with Crippen molar-refractivity contribution in [2.75, 3.05) is 0 Å². The maximum atomic E-state index is 11.3. The van der Waals surface area contributed by atoms with E-state index in [0.717, 1.165) is 40.3 Å². The van der Waals surface area contributed by atoms with Gasteiger partial charge in [0.1, 0.15) is 0 Å². The minimum absolute atomic E-state index is 0.0774. The summed E-state index contributed by atoms with van der Waals surface area (Å²) in [6, 6.07) is 20.8. The van der Waals surface area contributed by atoms with E-state index in [9.17, 15) is 10.1 Å². The molecule has 0 fully saturated rings. The molecule has 6 nitrogen and oxygen atoms in total. The van der Waals surface area contributed by atoms with Gasteiger partial charge in [0.05, 0.1) is 16.3 Å². The van der Waals surface area contributed by atoms with E-state index in [0.29, 0.717) is 6.54 Å². The molecule has 0 spiro atoms. The van der Waals surface area contributed by atoms with Crippen molar-refractivity contribution in [3.63, 3.8) is 0 Å². The maximum Gasteiger partial charge on any atom is 0.270 e. The Morgan fingerprint density at radius 2 is 1.94 bits per heavy atom. The SMILES string of the molecule is CCc1ccc(N=c2scc(-c3cccc([N+](=O)[O-])c3)n2CCc2ccccn2)cc1. The van der Waals surface area contributed by atoms with Crippen LogP contribution in [0.3, 0.4) is 0 Å². The minimum atomic E-state index is -0.366. The molecule has 0 radical (unpaired) electrons. The summed E-state index contributed by atoms with van der Waals surface area (Å²) in [5.74, 6) is 0. The zero-order chi connectivity index (χ0) is 21.6. The van der Waals surface area contributed by atoms with Crippen LogP contribution in [0.4, 0.5) is 11.4 Å². The smallest absolute Gasteiger partial charge is 0.270 e. The van der Waals surface area contributed by atoms with Gasteiger partial charge in [0, 0.05) is 47.9 Å². The van der Waals surface area contributed by atoms with Crippen molar-refractivity contribution in [3.8, 4) is 11.3 Å². The predicted octanol–water partition coefficient (Wildman–Crippen LogP) is 5.56. The third kappa shape index (κ3) is 4.95. The lowest BCUT2D eigenvalue weighted by Gasteiger charge is -2.09. The molecule has 0 aliphatic rings. The first-order valence-electron chi connectivity index (χ1n) is 10.1. The molecular formula is C24H22N4O2S. The Kier molecular flexibility index (Phi) is 6.33. The molecule has 2 aromatic heterocycles. The number of hydrogen-bond donors (Lipinski definition) is 0. The normalized spacial score (nSPS) is 11.6. The number of thiazole rings is 1. The summed E-state index contributed by atoms with van der Waals surface area (Å²) in [6.07, 6.45) is 3.51. The van der Waals surface area contributed by atoms with Crippen LogP contribution in [0.25, 0.3) is 11.3 Å².